The second-order valence-corrected chi connectivity index (χ2v) is 3.81. The number of nitrogens with zero attached hydrogens (tertiary/aromatic N) is 1. The van der Waals surface area contributed by atoms with Crippen molar-refractivity contribution in [2.75, 3.05) is 6.61 Å². The quantitative estimate of drug-likeness (QED) is 0.663. The zero-order valence-corrected chi connectivity index (χ0v) is 10.2. The van der Waals surface area contributed by atoms with E-state index in [9.17, 15) is 10.1 Å². The van der Waals surface area contributed by atoms with Gasteiger partial charge in [0.25, 0.3) is 0 Å². The summed E-state index contributed by atoms with van der Waals surface area (Å²) in [6, 6.07) is 4.43. The van der Waals surface area contributed by atoms with E-state index in [1.54, 1.807) is 6.07 Å². The van der Waals surface area contributed by atoms with Gasteiger partial charge in [-0.05, 0) is 11.6 Å². The summed E-state index contributed by atoms with van der Waals surface area (Å²) in [5.41, 5.74) is 7.18. The zero-order valence-electron chi connectivity index (χ0n) is 8.73. The Morgan fingerprint density at radius 2 is 2.29 bits per heavy atom. The molecule has 0 fully saturated rings. The van der Waals surface area contributed by atoms with Gasteiger partial charge < -0.3 is 10.5 Å². The smallest absolute Gasteiger partial charge is 0.310 e. The van der Waals surface area contributed by atoms with Gasteiger partial charge in [0, 0.05) is 18.1 Å². The first-order chi connectivity index (χ1) is 8.08. The largest absolute Gasteiger partial charge is 0.481 e. The van der Waals surface area contributed by atoms with Crippen molar-refractivity contribution in [1.29, 1.82) is 0 Å². The second kappa shape index (κ2) is 6.44. The molecule has 0 bridgehead atoms. The molecule has 1 rings (SSSR count). The lowest BCUT2D eigenvalue weighted by Gasteiger charge is -2.07. The van der Waals surface area contributed by atoms with Crippen LogP contribution in [-0.4, -0.2) is 11.5 Å². The SMILES string of the molecule is NCc1ccc([N+](=O)[O-])c(OCC(Cl)=CCl)c1. The van der Waals surface area contributed by atoms with Crippen LogP contribution in [0.3, 0.4) is 0 Å². The maximum absolute atomic E-state index is 10.8. The predicted molar refractivity (Wildman–Crippen MR) is 66.3 cm³/mol. The Hall–Kier alpha value is -1.30. The third-order valence-electron chi connectivity index (χ3n) is 1.94. The Bertz CT molecular complexity index is 449. The zero-order chi connectivity index (χ0) is 12.8. The molecule has 7 heteroatoms. The van der Waals surface area contributed by atoms with Crippen LogP contribution >= 0.6 is 23.2 Å². The number of benzene rings is 1. The molecule has 0 amide bonds. The summed E-state index contributed by atoms with van der Waals surface area (Å²) in [5, 5.41) is 11.0. The van der Waals surface area contributed by atoms with E-state index in [4.69, 9.17) is 33.7 Å². The molecule has 17 heavy (non-hydrogen) atoms. The highest BCUT2D eigenvalue weighted by Gasteiger charge is 2.15. The van der Waals surface area contributed by atoms with E-state index in [2.05, 4.69) is 0 Å². The molecule has 0 radical (unpaired) electrons. The van der Waals surface area contributed by atoms with Gasteiger partial charge in [0.05, 0.1) is 9.96 Å². The lowest BCUT2D eigenvalue weighted by molar-refractivity contribution is -0.385. The van der Waals surface area contributed by atoms with Crippen molar-refractivity contribution in [3.8, 4) is 5.75 Å². The van der Waals surface area contributed by atoms with Gasteiger partial charge in [-0.2, -0.15) is 0 Å². The number of halogens is 2. The molecule has 0 atom stereocenters. The fraction of sp³-hybridized carbons (Fsp3) is 0.200. The number of rotatable bonds is 5. The molecule has 0 aliphatic heterocycles. The monoisotopic (exact) mass is 276 g/mol. The van der Waals surface area contributed by atoms with Crippen LogP contribution in [0, 0.1) is 10.1 Å². The summed E-state index contributed by atoms with van der Waals surface area (Å²) >= 11 is 11.0. The summed E-state index contributed by atoms with van der Waals surface area (Å²) in [6.07, 6.45) is 0. The second-order valence-electron chi connectivity index (χ2n) is 3.11. The summed E-state index contributed by atoms with van der Waals surface area (Å²) < 4.78 is 5.21. The van der Waals surface area contributed by atoms with Crippen molar-refractivity contribution in [2.45, 2.75) is 6.54 Å². The van der Waals surface area contributed by atoms with Crippen molar-refractivity contribution in [1.82, 2.24) is 0 Å². The van der Waals surface area contributed by atoms with Crippen molar-refractivity contribution >= 4 is 28.9 Å². The molecule has 0 saturated carbocycles. The normalized spacial score (nSPS) is 11.4. The summed E-state index contributed by atoms with van der Waals surface area (Å²) in [6.45, 7) is 0.243. The lowest BCUT2D eigenvalue weighted by atomic mass is 10.2. The van der Waals surface area contributed by atoms with Gasteiger partial charge in [-0.3, -0.25) is 10.1 Å². The molecule has 0 aliphatic carbocycles. The van der Waals surface area contributed by atoms with Crippen LogP contribution < -0.4 is 10.5 Å². The highest BCUT2D eigenvalue weighted by Crippen LogP contribution is 2.28. The summed E-state index contributed by atoms with van der Waals surface area (Å²) in [4.78, 5) is 10.2. The lowest BCUT2D eigenvalue weighted by Crippen LogP contribution is -2.03. The first kappa shape index (κ1) is 13.8. The molecule has 5 nitrogen and oxygen atoms in total. The molecule has 1 aromatic rings. The van der Waals surface area contributed by atoms with Crippen LogP contribution in [0.2, 0.25) is 0 Å². The minimum atomic E-state index is -0.534. The number of hydrogen-bond donors (Lipinski definition) is 1. The number of ether oxygens (including phenoxy) is 1. The Morgan fingerprint density at radius 1 is 1.59 bits per heavy atom. The predicted octanol–water partition coefficient (Wildman–Crippen LogP) is 2.75. The number of hydrogen-bond acceptors (Lipinski definition) is 4. The highest BCUT2D eigenvalue weighted by atomic mass is 35.5. The van der Waals surface area contributed by atoms with Gasteiger partial charge in [0.1, 0.15) is 6.61 Å². The van der Waals surface area contributed by atoms with E-state index in [1.807, 2.05) is 0 Å². The van der Waals surface area contributed by atoms with Crippen LogP contribution in [-0.2, 0) is 6.54 Å². The number of nitro groups is 1. The van der Waals surface area contributed by atoms with E-state index in [-0.39, 0.29) is 29.6 Å². The van der Waals surface area contributed by atoms with Crippen molar-refractivity contribution < 1.29 is 9.66 Å². The maximum Gasteiger partial charge on any atom is 0.310 e. The molecule has 0 saturated heterocycles. The van der Waals surface area contributed by atoms with Crippen molar-refractivity contribution in [2.24, 2.45) is 5.73 Å². The molecule has 0 unspecified atom stereocenters. The Balaban J connectivity index is 2.97. The molecule has 0 spiro atoms. The minimum absolute atomic E-state index is 0.0279. The fourth-order valence-corrected chi connectivity index (χ4v) is 1.25. The molecular weight excluding hydrogens is 267 g/mol. The van der Waals surface area contributed by atoms with E-state index < -0.39 is 4.92 Å². The molecule has 2 N–H and O–H groups in total. The van der Waals surface area contributed by atoms with E-state index >= 15 is 0 Å². The standard InChI is InChI=1S/C10H10Cl2N2O3/c11-4-8(12)6-17-10-3-7(5-13)1-2-9(10)14(15)16/h1-4H,5-6,13H2. The Morgan fingerprint density at radius 3 is 2.82 bits per heavy atom. The maximum atomic E-state index is 10.8. The summed E-state index contributed by atoms with van der Waals surface area (Å²) in [5.74, 6) is 0.120. The molecule has 0 heterocycles. The van der Waals surface area contributed by atoms with Crippen LogP contribution in [0.25, 0.3) is 0 Å². The van der Waals surface area contributed by atoms with Crippen LogP contribution in [0.1, 0.15) is 5.56 Å². The van der Waals surface area contributed by atoms with Gasteiger partial charge in [-0.25, -0.2) is 0 Å². The van der Waals surface area contributed by atoms with Crippen LogP contribution in [0.5, 0.6) is 5.75 Å². The first-order valence-electron chi connectivity index (χ1n) is 4.63. The third-order valence-corrected chi connectivity index (χ3v) is 2.53. The highest BCUT2D eigenvalue weighted by molar-refractivity contribution is 6.36. The van der Waals surface area contributed by atoms with Gasteiger partial charge in [0.15, 0.2) is 5.75 Å². The molecule has 0 aromatic heterocycles. The number of nitrogens with two attached hydrogens (primary N) is 1. The molecular formula is C10H10Cl2N2O3. The van der Waals surface area contributed by atoms with Crippen LogP contribution in [0.4, 0.5) is 5.69 Å². The minimum Gasteiger partial charge on any atom is -0.481 e. The van der Waals surface area contributed by atoms with E-state index in [0.29, 0.717) is 0 Å². The average molecular weight is 277 g/mol. The third kappa shape index (κ3) is 3.89. The first-order valence-corrected chi connectivity index (χ1v) is 5.45. The Labute approximate surface area is 108 Å². The number of nitro benzene ring substituents is 1. The molecule has 0 aliphatic rings. The van der Waals surface area contributed by atoms with Gasteiger partial charge in [-0.15, -0.1) is 0 Å². The van der Waals surface area contributed by atoms with Gasteiger partial charge in [-0.1, -0.05) is 29.3 Å². The van der Waals surface area contributed by atoms with E-state index in [1.165, 1.54) is 12.1 Å². The van der Waals surface area contributed by atoms with Gasteiger partial charge in [0.2, 0.25) is 0 Å². The topological polar surface area (TPSA) is 78.4 Å². The van der Waals surface area contributed by atoms with Gasteiger partial charge >= 0.3 is 5.69 Å². The molecule has 92 valence electrons. The average Bonchev–Trinajstić information content (AvgIpc) is 2.35. The molecule has 1 aromatic carbocycles. The summed E-state index contributed by atoms with van der Waals surface area (Å²) in [7, 11) is 0. The van der Waals surface area contributed by atoms with Crippen molar-refractivity contribution in [3.05, 3.63) is 44.4 Å². The van der Waals surface area contributed by atoms with Crippen LogP contribution in [0.15, 0.2) is 28.8 Å². The Kier molecular flexibility index (Phi) is 5.21. The van der Waals surface area contributed by atoms with E-state index in [0.717, 1.165) is 11.1 Å². The van der Waals surface area contributed by atoms with Crippen molar-refractivity contribution in [3.63, 3.8) is 0 Å². The fourth-order valence-electron chi connectivity index (χ4n) is 1.13.